The summed E-state index contributed by atoms with van der Waals surface area (Å²) in [6, 6.07) is 2.00. The molecule has 0 amide bonds. The predicted molar refractivity (Wildman–Crippen MR) is 65.6 cm³/mol. The van der Waals surface area contributed by atoms with Crippen molar-refractivity contribution in [1.82, 2.24) is 20.0 Å². The van der Waals surface area contributed by atoms with Gasteiger partial charge in [0.15, 0.2) is 5.11 Å². The van der Waals surface area contributed by atoms with Crippen molar-refractivity contribution in [3.8, 4) is 0 Å². The van der Waals surface area contributed by atoms with Crippen LogP contribution in [0.2, 0.25) is 0 Å². The van der Waals surface area contributed by atoms with Gasteiger partial charge in [-0.3, -0.25) is 4.68 Å². The fourth-order valence-corrected chi connectivity index (χ4v) is 1.40. The lowest BCUT2D eigenvalue weighted by Crippen LogP contribution is -2.37. The summed E-state index contributed by atoms with van der Waals surface area (Å²) in [6.45, 7) is 3.83. The van der Waals surface area contributed by atoms with Gasteiger partial charge in [-0.2, -0.15) is 5.10 Å². The fraction of sp³-hybridized carbons (Fsp3) is 0.600. The molecule has 0 atom stereocenters. The Hall–Kier alpha value is -1.10. The summed E-state index contributed by atoms with van der Waals surface area (Å²) < 4.78 is 1.86. The Bertz CT molecular complexity index is 321. The smallest absolute Gasteiger partial charge is 0.169 e. The average molecular weight is 226 g/mol. The van der Waals surface area contributed by atoms with Crippen LogP contribution in [0.15, 0.2) is 12.3 Å². The van der Waals surface area contributed by atoms with Crippen LogP contribution in [0.1, 0.15) is 19.0 Å². The van der Waals surface area contributed by atoms with Gasteiger partial charge in [-0.05, 0) is 24.7 Å². The number of aryl methyl sites for hydroxylation is 1. The van der Waals surface area contributed by atoms with Gasteiger partial charge in [0.25, 0.3) is 0 Å². The van der Waals surface area contributed by atoms with Gasteiger partial charge >= 0.3 is 0 Å². The van der Waals surface area contributed by atoms with E-state index in [9.17, 15) is 0 Å². The summed E-state index contributed by atoms with van der Waals surface area (Å²) in [7, 11) is 3.92. The minimum Gasteiger partial charge on any atom is -0.363 e. The molecule has 0 radical (unpaired) electrons. The lowest BCUT2D eigenvalue weighted by atomic mass is 10.4. The van der Waals surface area contributed by atoms with Gasteiger partial charge in [0.2, 0.25) is 0 Å². The number of nitrogens with one attached hydrogen (secondary N) is 1. The Morgan fingerprint density at radius 2 is 2.40 bits per heavy atom. The summed E-state index contributed by atoms with van der Waals surface area (Å²) in [6.07, 6.45) is 2.88. The maximum Gasteiger partial charge on any atom is 0.169 e. The van der Waals surface area contributed by atoms with E-state index in [0.29, 0.717) is 0 Å². The first kappa shape index (κ1) is 12.0. The van der Waals surface area contributed by atoms with Crippen LogP contribution in [0.5, 0.6) is 0 Å². The van der Waals surface area contributed by atoms with Crippen LogP contribution >= 0.6 is 12.2 Å². The van der Waals surface area contributed by atoms with Crippen molar-refractivity contribution in [3.05, 3.63) is 18.0 Å². The van der Waals surface area contributed by atoms with E-state index in [-0.39, 0.29) is 0 Å². The Labute approximate surface area is 96.3 Å². The third kappa shape index (κ3) is 3.51. The topological polar surface area (TPSA) is 33.1 Å². The van der Waals surface area contributed by atoms with Gasteiger partial charge in [-0.15, -0.1) is 0 Å². The van der Waals surface area contributed by atoms with Crippen molar-refractivity contribution in [1.29, 1.82) is 0 Å². The summed E-state index contributed by atoms with van der Waals surface area (Å²) in [5.74, 6) is 0. The molecule has 0 unspecified atom stereocenters. The molecule has 15 heavy (non-hydrogen) atoms. The van der Waals surface area contributed by atoms with Gasteiger partial charge in [0.1, 0.15) is 0 Å². The van der Waals surface area contributed by atoms with E-state index in [2.05, 4.69) is 17.3 Å². The molecule has 0 fully saturated rings. The van der Waals surface area contributed by atoms with Crippen molar-refractivity contribution in [2.75, 3.05) is 13.6 Å². The molecule has 5 heteroatoms. The fourth-order valence-electron chi connectivity index (χ4n) is 1.24. The first-order valence-corrected chi connectivity index (χ1v) is 5.51. The van der Waals surface area contributed by atoms with Crippen LogP contribution < -0.4 is 5.32 Å². The molecule has 0 aliphatic carbocycles. The van der Waals surface area contributed by atoms with E-state index in [1.807, 2.05) is 29.7 Å². The number of rotatable bonds is 4. The van der Waals surface area contributed by atoms with E-state index < -0.39 is 0 Å². The maximum absolute atomic E-state index is 5.24. The zero-order valence-electron chi connectivity index (χ0n) is 9.53. The van der Waals surface area contributed by atoms with Crippen LogP contribution in [-0.4, -0.2) is 33.4 Å². The SMILES string of the molecule is CCCNC(=S)N(C)Cc1ccnn1C. The molecule has 1 aromatic rings. The number of thiocarbonyl (C=S) groups is 1. The third-order valence-electron chi connectivity index (χ3n) is 2.19. The highest BCUT2D eigenvalue weighted by Gasteiger charge is 2.06. The number of hydrogen-bond donors (Lipinski definition) is 1. The normalized spacial score (nSPS) is 10.1. The van der Waals surface area contributed by atoms with Crippen LogP contribution in [-0.2, 0) is 13.6 Å². The Morgan fingerprint density at radius 1 is 1.67 bits per heavy atom. The summed E-state index contributed by atoms with van der Waals surface area (Å²) >= 11 is 5.24. The first-order valence-electron chi connectivity index (χ1n) is 5.11. The highest BCUT2D eigenvalue weighted by Crippen LogP contribution is 2.01. The van der Waals surface area contributed by atoms with Crippen molar-refractivity contribution in [2.24, 2.45) is 7.05 Å². The van der Waals surface area contributed by atoms with E-state index in [1.165, 1.54) is 0 Å². The Kier molecular flexibility index (Phi) is 4.55. The molecular formula is C10H18N4S. The molecule has 1 aromatic heterocycles. The molecule has 0 saturated carbocycles. The standard InChI is InChI=1S/C10H18N4S/c1-4-6-11-10(15)13(2)8-9-5-7-12-14(9)3/h5,7H,4,6,8H2,1-3H3,(H,11,15). The van der Waals surface area contributed by atoms with Crippen molar-refractivity contribution in [3.63, 3.8) is 0 Å². The second-order valence-corrected chi connectivity index (χ2v) is 3.92. The third-order valence-corrected chi connectivity index (χ3v) is 2.65. The largest absolute Gasteiger partial charge is 0.363 e. The maximum atomic E-state index is 5.24. The van der Waals surface area contributed by atoms with Gasteiger partial charge < -0.3 is 10.2 Å². The molecule has 1 rings (SSSR count). The monoisotopic (exact) mass is 226 g/mol. The molecule has 0 aliphatic heterocycles. The van der Waals surface area contributed by atoms with Crippen molar-refractivity contribution < 1.29 is 0 Å². The van der Waals surface area contributed by atoms with Gasteiger partial charge in [-0.25, -0.2) is 0 Å². The minimum absolute atomic E-state index is 0.784. The second kappa shape index (κ2) is 5.70. The predicted octanol–water partition coefficient (Wildman–Crippen LogP) is 1.14. The lowest BCUT2D eigenvalue weighted by Gasteiger charge is -2.20. The molecule has 0 bridgehead atoms. The first-order chi connectivity index (χ1) is 7.15. The number of hydrogen-bond acceptors (Lipinski definition) is 2. The van der Waals surface area contributed by atoms with Crippen LogP contribution in [0.4, 0.5) is 0 Å². The van der Waals surface area contributed by atoms with E-state index >= 15 is 0 Å². The number of nitrogens with zero attached hydrogens (tertiary/aromatic N) is 3. The zero-order chi connectivity index (χ0) is 11.3. The van der Waals surface area contributed by atoms with Crippen molar-refractivity contribution >= 4 is 17.3 Å². The summed E-state index contributed by atoms with van der Waals surface area (Å²) in [5.41, 5.74) is 1.15. The zero-order valence-corrected chi connectivity index (χ0v) is 10.3. The Morgan fingerprint density at radius 3 is 2.93 bits per heavy atom. The quantitative estimate of drug-likeness (QED) is 0.780. The van der Waals surface area contributed by atoms with Crippen molar-refractivity contribution in [2.45, 2.75) is 19.9 Å². The number of aromatic nitrogens is 2. The summed E-state index contributed by atoms with van der Waals surface area (Å²) in [5, 5.41) is 8.10. The van der Waals surface area contributed by atoms with E-state index in [1.54, 1.807) is 6.20 Å². The van der Waals surface area contributed by atoms with E-state index in [0.717, 1.165) is 30.3 Å². The average Bonchev–Trinajstić information content (AvgIpc) is 2.61. The molecule has 0 saturated heterocycles. The van der Waals surface area contributed by atoms with Gasteiger partial charge in [-0.1, -0.05) is 6.92 Å². The van der Waals surface area contributed by atoms with Gasteiger partial charge in [0, 0.05) is 26.8 Å². The van der Waals surface area contributed by atoms with Crippen LogP contribution in [0.3, 0.4) is 0 Å². The van der Waals surface area contributed by atoms with Crippen LogP contribution in [0.25, 0.3) is 0 Å². The molecule has 84 valence electrons. The highest BCUT2D eigenvalue weighted by atomic mass is 32.1. The van der Waals surface area contributed by atoms with E-state index in [4.69, 9.17) is 12.2 Å². The molecule has 0 aliphatic rings. The molecule has 1 heterocycles. The lowest BCUT2D eigenvalue weighted by molar-refractivity contribution is 0.466. The summed E-state index contributed by atoms with van der Waals surface area (Å²) in [4.78, 5) is 2.02. The van der Waals surface area contributed by atoms with Gasteiger partial charge in [0.05, 0.1) is 12.2 Å². The minimum atomic E-state index is 0.784. The second-order valence-electron chi connectivity index (χ2n) is 3.53. The molecular weight excluding hydrogens is 208 g/mol. The molecule has 1 N–H and O–H groups in total. The highest BCUT2D eigenvalue weighted by molar-refractivity contribution is 7.80. The van der Waals surface area contributed by atoms with Crippen LogP contribution in [0, 0.1) is 0 Å². The molecule has 0 spiro atoms. The molecule has 4 nitrogen and oxygen atoms in total. The molecule has 0 aromatic carbocycles. The Balaban J connectivity index is 2.45.